The number of nitrogens with one attached hydrogen (secondary N) is 1. The smallest absolute Gasteiger partial charge is 0.231 e. The van der Waals surface area contributed by atoms with E-state index in [0.29, 0.717) is 19.3 Å². The van der Waals surface area contributed by atoms with Crippen molar-refractivity contribution < 1.29 is 9.53 Å². The van der Waals surface area contributed by atoms with E-state index in [9.17, 15) is 4.79 Å². The van der Waals surface area contributed by atoms with Crippen molar-refractivity contribution >= 4 is 5.91 Å². The third-order valence-electron chi connectivity index (χ3n) is 7.47. The molecule has 1 aromatic rings. The summed E-state index contributed by atoms with van der Waals surface area (Å²) < 4.78 is 5.59. The van der Waals surface area contributed by atoms with Crippen LogP contribution in [0.15, 0.2) is 30.3 Å². The van der Waals surface area contributed by atoms with Crippen molar-refractivity contribution in [2.24, 2.45) is 5.92 Å². The van der Waals surface area contributed by atoms with E-state index in [4.69, 9.17) is 4.74 Å². The first kappa shape index (κ1) is 19.9. The van der Waals surface area contributed by atoms with Crippen molar-refractivity contribution in [2.75, 3.05) is 26.3 Å². The second kappa shape index (κ2) is 8.96. The van der Waals surface area contributed by atoms with Crippen molar-refractivity contribution in [3.63, 3.8) is 0 Å². The Morgan fingerprint density at radius 1 is 1.00 bits per heavy atom. The molecule has 0 bridgehead atoms. The summed E-state index contributed by atoms with van der Waals surface area (Å²) in [6.07, 6.45) is 8.93. The van der Waals surface area contributed by atoms with Crippen molar-refractivity contribution in [1.82, 2.24) is 10.2 Å². The van der Waals surface area contributed by atoms with E-state index in [1.165, 1.54) is 38.8 Å². The van der Waals surface area contributed by atoms with Gasteiger partial charge in [-0.2, -0.15) is 0 Å². The average molecular weight is 385 g/mol. The van der Waals surface area contributed by atoms with Gasteiger partial charge in [0, 0.05) is 25.3 Å². The fourth-order valence-corrected chi connectivity index (χ4v) is 5.43. The topological polar surface area (TPSA) is 41.6 Å². The van der Waals surface area contributed by atoms with Crippen LogP contribution in [0.2, 0.25) is 0 Å². The van der Waals surface area contributed by atoms with Crippen LogP contribution in [0.1, 0.15) is 63.9 Å². The molecule has 2 heterocycles. The van der Waals surface area contributed by atoms with Gasteiger partial charge in [-0.3, -0.25) is 4.79 Å². The highest BCUT2D eigenvalue weighted by atomic mass is 16.5. The Labute approximate surface area is 170 Å². The zero-order valence-corrected chi connectivity index (χ0v) is 17.4. The molecule has 1 amide bonds. The van der Waals surface area contributed by atoms with Crippen LogP contribution >= 0.6 is 0 Å². The molecule has 3 aliphatic rings. The number of nitrogens with zero attached hydrogens (tertiary/aromatic N) is 1. The van der Waals surface area contributed by atoms with Crippen molar-refractivity contribution in [2.45, 2.75) is 75.8 Å². The summed E-state index contributed by atoms with van der Waals surface area (Å²) in [5.74, 6) is 1.11. The quantitative estimate of drug-likeness (QED) is 0.856. The lowest BCUT2D eigenvalue weighted by molar-refractivity contribution is -0.131. The molecule has 154 valence electrons. The largest absolute Gasteiger partial charge is 0.381 e. The van der Waals surface area contributed by atoms with Gasteiger partial charge in [0.25, 0.3) is 0 Å². The summed E-state index contributed by atoms with van der Waals surface area (Å²) in [6.45, 7) is 6.24. The van der Waals surface area contributed by atoms with E-state index in [-0.39, 0.29) is 5.91 Å². The minimum absolute atomic E-state index is 0.220. The molecule has 1 aromatic carbocycles. The molecule has 2 saturated heterocycles. The summed E-state index contributed by atoms with van der Waals surface area (Å²) in [7, 11) is 0. The number of hydrogen-bond donors (Lipinski definition) is 1. The van der Waals surface area contributed by atoms with Gasteiger partial charge >= 0.3 is 0 Å². The van der Waals surface area contributed by atoms with Crippen molar-refractivity contribution in [3.8, 4) is 0 Å². The lowest BCUT2D eigenvalue weighted by Crippen LogP contribution is -2.52. The Balaban J connectivity index is 1.35. The molecule has 3 fully saturated rings. The summed E-state index contributed by atoms with van der Waals surface area (Å²) >= 11 is 0. The summed E-state index contributed by atoms with van der Waals surface area (Å²) in [5, 5.41) is 3.45. The van der Waals surface area contributed by atoms with Gasteiger partial charge in [0.05, 0.1) is 5.41 Å². The number of carbonyl (C=O) groups excluding carboxylic acids is 1. The molecule has 4 heteroatoms. The Hall–Kier alpha value is -1.39. The van der Waals surface area contributed by atoms with Gasteiger partial charge < -0.3 is 15.0 Å². The van der Waals surface area contributed by atoms with E-state index in [2.05, 4.69) is 29.3 Å². The third-order valence-corrected chi connectivity index (χ3v) is 7.47. The molecule has 0 aromatic heterocycles. The third kappa shape index (κ3) is 4.28. The van der Waals surface area contributed by atoms with Gasteiger partial charge in [-0.05, 0) is 75.9 Å². The van der Waals surface area contributed by atoms with Crippen LogP contribution in [0, 0.1) is 5.92 Å². The zero-order chi connectivity index (χ0) is 19.4. The second-order valence-electron chi connectivity index (χ2n) is 9.26. The number of rotatable bonds is 4. The first-order valence-electron chi connectivity index (χ1n) is 11.4. The van der Waals surface area contributed by atoms with E-state index >= 15 is 0 Å². The van der Waals surface area contributed by atoms with Crippen LogP contribution < -0.4 is 5.32 Å². The van der Waals surface area contributed by atoms with E-state index in [0.717, 1.165) is 43.2 Å². The molecule has 4 rings (SSSR count). The van der Waals surface area contributed by atoms with E-state index in [1.807, 2.05) is 18.2 Å². The van der Waals surface area contributed by atoms with Gasteiger partial charge in [0.2, 0.25) is 5.91 Å². The van der Waals surface area contributed by atoms with Crippen molar-refractivity contribution in [3.05, 3.63) is 35.9 Å². The molecule has 0 radical (unpaired) electrons. The maximum absolute atomic E-state index is 13.4. The van der Waals surface area contributed by atoms with Crippen LogP contribution in [0.4, 0.5) is 0 Å². The van der Waals surface area contributed by atoms with Gasteiger partial charge in [-0.15, -0.1) is 0 Å². The Bertz CT molecular complexity index is 625. The highest BCUT2D eigenvalue weighted by Gasteiger charge is 2.42. The molecular formula is C24H36N2O2. The van der Waals surface area contributed by atoms with Crippen LogP contribution in [0.25, 0.3) is 0 Å². The van der Waals surface area contributed by atoms with Gasteiger partial charge in [0.1, 0.15) is 0 Å². The predicted octanol–water partition coefficient (Wildman–Crippen LogP) is 3.89. The highest BCUT2D eigenvalue weighted by Crippen LogP contribution is 2.36. The first-order chi connectivity index (χ1) is 13.7. The highest BCUT2D eigenvalue weighted by molar-refractivity contribution is 5.88. The summed E-state index contributed by atoms with van der Waals surface area (Å²) in [5.41, 5.74) is 0.728. The number of benzene rings is 1. The SMILES string of the molecule is CC1CCN(C2CCC(NC(=O)C3(c4ccccc4)CCOCC3)CC2)CC1. The predicted molar refractivity (Wildman–Crippen MR) is 112 cm³/mol. The Morgan fingerprint density at radius 2 is 1.64 bits per heavy atom. The van der Waals surface area contributed by atoms with Crippen LogP contribution in [-0.2, 0) is 14.9 Å². The molecule has 0 unspecified atom stereocenters. The number of carbonyl (C=O) groups is 1. The first-order valence-corrected chi connectivity index (χ1v) is 11.4. The maximum atomic E-state index is 13.4. The minimum Gasteiger partial charge on any atom is -0.381 e. The number of amides is 1. The lowest BCUT2D eigenvalue weighted by Gasteiger charge is -2.42. The molecule has 0 atom stereocenters. The monoisotopic (exact) mass is 384 g/mol. The average Bonchev–Trinajstić information content (AvgIpc) is 2.76. The molecule has 0 spiro atoms. The molecule has 2 aliphatic heterocycles. The maximum Gasteiger partial charge on any atom is 0.231 e. The summed E-state index contributed by atoms with van der Waals surface area (Å²) in [4.78, 5) is 16.1. The second-order valence-corrected chi connectivity index (χ2v) is 9.26. The Morgan fingerprint density at radius 3 is 2.29 bits per heavy atom. The minimum atomic E-state index is -0.417. The molecule has 1 aliphatic carbocycles. The molecule has 1 N–H and O–H groups in total. The fraction of sp³-hybridized carbons (Fsp3) is 0.708. The van der Waals surface area contributed by atoms with Gasteiger partial charge in [0.15, 0.2) is 0 Å². The van der Waals surface area contributed by atoms with Crippen LogP contribution in [0.3, 0.4) is 0 Å². The molecule has 28 heavy (non-hydrogen) atoms. The Kier molecular flexibility index (Phi) is 6.37. The molecular weight excluding hydrogens is 348 g/mol. The van der Waals surface area contributed by atoms with E-state index < -0.39 is 5.41 Å². The van der Waals surface area contributed by atoms with Gasteiger partial charge in [-0.25, -0.2) is 0 Å². The summed E-state index contributed by atoms with van der Waals surface area (Å²) in [6, 6.07) is 11.4. The molecule has 4 nitrogen and oxygen atoms in total. The lowest BCUT2D eigenvalue weighted by atomic mass is 9.73. The fourth-order valence-electron chi connectivity index (χ4n) is 5.43. The number of ether oxygens (including phenoxy) is 1. The van der Waals surface area contributed by atoms with Crippen LogP contribution in [-0.4, -0.2) is 49.2 Å². The molecule has 1 saturated carbocycles. The standard InChI is InChI=1S/C24H36N2O2/c1-19-11-15-26(16-12-19)22-9-7-21(8-10-22)25-23(27)24(13-17-28-18-14-24)20-5-3-2-4-6-20/h2-6,19,21-22H,7-18H2,1H3,(H,25,27). The number of hydrogen-bond acceptors (Lipinski definition) is 3. The van der Waals surface area contributed by atoms with Crippen molar-refractivity contribution in [1.29, 1.82) is 0 Å². The zero-order valence-electron chi connectivity index (χ0n) is 17.4. The van der Waals surface area contributed by atoms with Gasteiger partial charge in [-0.1, -0.05) is 37.3 Å². The number of likely N-dealkylation sites (tertiary alicyclic amines) is 1. The normalized spacial score (nSPS) is 29.3. The van der Waals surface area contributed by atoms with Crippen LogP contribution in [0.5, 0.6) is 0 Å². The van der Waals surface area contributed by atoms with E-state index in [1.54, 1.807) is 0 Å². The number of piperidine rings is 1.